The average Bonchev–Trinajstić information content (AvgIpc) is 3.36. The van der Waals surface area contributed by atoms with Gasteiger partial charge in [0.15, 0.2) is 0 Å². The van der Waals surface area contributed by atoms with Crippen molar-refractivity contribution in [3.63, 3.8) is 0 Å². The first kappa shape index (κ1) is 32.5. The van der Waals surface area contributed by atoms with Gasteiger partial charge in [0.05, 0.1) is 19.1 Å². The number of hydrogen-bond acceptors (Lipinski definition) is 8. The van der Waals surface area contributed by atoms with Crippen molar-refractivity contribution in [1.29, 1.82) is 0 Å². The molecule has 0 unspecified atom stereocenters. The molecule has 2 heterocycles. The van der Waals surface area contributed by atoms with Crippen molar-refractivity contribution >= 4 is 35.3 Å². The second kappa shape index (κ2) is 15.7. The van der Waals surface area contributed by atoms with Crippen LogP contribution in [0.15, 0.2) is 47.8 Å². The van der Waals surface area contributed by atoms with Gasteiger partial charge in [-0.2, -0.15) is 0 Å². The van der Waals surface area contributed by atoms with Crippen LogP contribution in [0.1, 0.15) is 50.5 Å². The van der Waals surface area contributed by atoms with Crippen molar-refractivity contribution in [3.05, 3.63) is 59.1 Å². The Morgan fingerprint density at radius 3 is 2.51 bits per heavy atom. The summed E-state index contributed by atoms with van der Waals surface area (Å²) in [7, 11) is 1.61. The zero-order valence-corrected chi connectivity index (χ0v) is 23.5. The van der Waals surface area contributed by atoms with Gasteiger partial charge in [0.25, 0.3) is 11.5 Å². The standard InChI is InChI=1S/C27H36N6O8/c1-5-17(3)23(27(39)40)31-21(34)15-33-13-9-11-19(26(33)38)30-24(36)18(10-7-8-12-22(35)41-6-2)29-25(37)20-14-28-16-32(20)4/h8-9,11-14,16-18,23H,5-7,10,15H2,1-4H3,(H,29,37)(H,30,36)(H,31,34)(H,39,40)/b12-8+/t17-,18+,23+/m1/s1. The summed E-state index contributed by atoms with van der Waals surface area (Å²) < 4.78 is 7.33. The normalized spacial score (nSPS) is 13.2. The molecule has 0 aliphatic carbocycles. The van der Waals surface area contributed by atoms with E-state index in [4.69, 9.17) is 4.74 Å². The number of aromatic nitrogens is 3. The molecular weight excluding hydrogens is 536 g/mol. The Hall–Kier alpha value is -4.75. The van der Waals surface area contributed by atoms with E-state index >= 15 is 0 Å². The number of nitrogens with zero attached hydrogens (tertiary/aromatic N) is 3. The number of carbonyl (C=O) groups is 5. The molecule has 14 heteroatoms. The highest BCUT2D eigenvalue weighted by molar-refractivity contribution is 6.00. The number of hydrogen-bond donors (Lipinski definition) is 4. The first-order valence-electron chi connectivity index (χ1n) is 13.1. The molecule has 0 saturated heterocycles. The van der Waals surface area contributed by atoms with E-state index in [1.807, 2.05) is 0 Å². The Kier molecular flexibility index (Phi) is 12.5. The first-order chi connectivity index (χ1) is 19.5. The van der Waals surface area contributed by atoms with Crippen molar-refractivity contribution in [2.75, 3.05) is 11.9 Å². The Morgan fingerprint density at radius 2 is 1.90 bits per heavy atom. The molecule has 0 fully saturated rings. The summed E-state index contributed by atoms with van der Waals surface area (Å²) >= 11 is 0. The number of amides is 3. The summed E-state index contributed by atoms with van der Waals surface area (Å²) in [4.78, 5) is 78.5. The molecule has 2 aromatic rings. The van der Waals surface area contributed by atoms with E-state index in [2.05, 4.69) is 20.9 Å². The molecule has 3 atom stereocenters. The monoisotopic (exact) mass is 572 g/mol. The number of pyridine rings is 1. The highest BCUT2D eigenvalue weighted by Gasteiger charge is 2.26. The number of anilines is 1. The fraction of sp³-hybridized carbons (Fsp3) is 0.444. The second-order valence-electron chi connectivity index (χ2n) is 9.26. The first-order valence-corrected chi connectivity index (χ1v) is 13.1. The van der Waals surface area contributed by atoms with Crippen LogP contribution in [0.3, 0.4) is 0 Å². The van der Waals surface area contributed by atoms with Gasteiger partial charge in [0.1, 0.15) is 30.0 Å². The summed E-state index contributed by atoms with van der Waals surface area (Å²) in [6.07, 6.45) is 7.65. The molecule has 0 aliphatic rings. The molecule has 4 N–H and O–H groups in total. The number of aliphatic carboxylic acids is 1. The smallest absolute Gasteiger partial charge is 0.330 e. The zero-order chi connectivity index (χ0) is 30.5. The molecule has 0 bridgehead atoms. The predicted molar refractivity (Wildman–Crippen MR) is 148 cm³/mol. The molecular formula is C27H36N6O8. The van der Waals surface area contributed by atoms with Gasteiger partial charge >= 0.3 is 11.9 Å². The number of carboxylic acid groups (broad SMARTS) is 1. The summed E-state index contributed by atoms with van der Waals surface area (Å²) in [5.41, 5.74) is -0.649. The van der Waals surface area contributed by atoms with Gasteiger partial charge in [-0.3, -0.25) is 19.2 Å². The Morgan fingerprint density at radius 1 is 1.17 bits per heavy atom. The molecule has 2 aromatic heterocycles. The molecule has 0 aliphatic heterocycles. The molecule has 0 spiro atoms. The number of carboxylic acids is 1. The molecule has 0 saturated carbocycles. The average molecular weight is 573 g/mol. The number of allylic oxidation sites excluding steroid dienone is 1. The molecule has 14 nitrogen and oxygen atoms in total. The van der Waals surface area contributed by atoms with Gasteiger partial charge < -0.3 is 34.9 Å². The summed E-state index contributed by atoms with van der Waals surface area (Å²) in [6, 6.07) is 0.563. The quantitative estimate of drug-likeness (QED) is 0.177. The van der Waals surface area contributed by atoms with E-state index in [9.17, 15) is 33.9 Å². The topological polar surface area (TPSA) is 191 Å². The lowest BCUT2D eigenvalue weighted by atomic mass is 9.99. The van der Waals surface area contributed by atoms with E-state index in [0.717, 1.165) is 4.57 Å². The third-order valence-corrected chi connectivity index (χ3v) is 6.22. The van der Waals surface area contributed by atoms with Crippen LogP contribution in [0.5, 0.6) is 0 Å². The van der Waals surface area contributed by atoms with Crippen LogP contribution in [-0.2, 0) is 37.5 Å². The highest BCUT2D eigenvalue weighted by atomic mass is 16.5. The molecule has 222 valence electrons. The third-order valence-electron chi connectivity index (χ3n) is 6.22. The van der Waals surface area contributed by atoms with Crippen molar-refractivity contribution in [2.24, 2.45) is 13.0 Å². The van der Waals surface area contributed by atoms with E-state index < -0.39 is 53.8 Å². The number of carbonyl (C=O) groups excluding carboxylic acids is 4. The number of rotatable bonds is 15. The van der Waals surface area contributed by atoms with Crippen LogP contribution in [-0.4, -0.2) is 67.6 Å². The SMILES string of the molecule is CCOC(=O)/C=C/CC[C@H](NC(=O)c1cncn1C)C(=O)Nc1cccn(CC(=O)N[C@H](C(=O)O)[C@H](C)CC)c1=O. The molecule has 3 amide bonds. The number of imidazole rings is 1. The minimum absolute atomic E-state index is 0.0843. The van der Waals surface area contributed by atoms with E-state index in [0.29, 0.717) is 6.42 Å². The lowest BCUT2D eigenvalue weighted by molar-refractivity contribution is -0.143. The van der Waals surface area contributed by atoms with Crippen LogP contribution in [0.25, 0.3) is 0 Å². The van der Waals surface area contributed by atoms with Crippen molar-refractivity contribution < 1.29 is 33.8 Å². The van der Waals surface area contributed by atoms with E-state index in [1.54, 1.807) is 27.8 Å². The summed E-state index contributed by atoms with van der Waals surface area (Å²) in [6.45, 7) is 4.90. The van der Waals surface area contributed by atoms with Crippen molar-refractivity contribution in [3.8, 4) is 0 Å². The number of ether oxygens (including phenoxy) is 1. The molecule has 0 aromatic carbocycles. The minimum Gasteiger partial charge on any atom is -0.480 e. The third kappa shape index (κ3) is 9.74. The van der Waals surface area contributed by atoms with E-state index in [1.165, 1.54) is 47.6 Å². The summed E-state index contributed by atoms with van der Waals surface area (Å²) in [5.74, 6) is -4.01. The molecule has 2 rings (SSSR count). The van der Waals surface area contributed by atoms with Crippen LogP contribution in [0, 0.1) is 5.92 Å². The lowest BCUT2D eigenvalue weighted by Gasteiger charge is -2.20. The van der Waals surface area contributed by atoms with Crippen LogP contribution >= 0.6 is 0 Å². The number of nitrogens with one attached hydrogen (secondary N) is 3. The zero-order valence-electron chi connectivity index (χ0n) is 23.5. The Bertz CT molecular complexity index is 1330. The number of esters is 1. The Labute approximate surface area is 236 Å². The minimum atomic E-state index is -1.18. The maximum Gasteiger partial charge on any atom is 0.330 e. The lowest BCUT2D eigenvalue weighted by Crippen LogP contribution is -2.47. The van der Waals surface area contributed by atoms with Gasteiger partial charge in [-0.25, -0.2) is 14.6 Å². The van der Waals surface area contributed by atoms with Crippen LogP contribution in [0.4, 0.5) is 5.69 Å². The maximum absolute atomic E-state index is 13.2. The van der Waals surface area contributed by atoms with Gasteiger partial charge in [0.2, 0.25) is 11.8 Å². The van der Waals surface area contributed by atoms with Crippen LogP contribution < -0.4 is 21.5 Å². The van der Waals surface area contributed by atoms with E-state index in [-0.39, 0.29) is 36.7 Å². The van der Waals surface area contributed by atoms with Gasteiger partial charge in [0, 0.05) is 19.3 Å². The summed E-state index contributed by atoms with van der Waals surface area (Å²) in [5, 5.41) is 17.0. The highest BCUT2D eigenvalue weighted by Crippen LogP contribution is 2.09. The van der Waals surface area contributed by atoms with Crippen molar-refractivity contribution in [1.82, 2.24) is 24.8 Å². The molecule has 41 heavy (non-hydrogen) atoms. The fourth-order valence-corrected chi connectivity index (χ4v) is 3.74. The second-order valence-corrected chi connectivity index (χ2v) is 9.26. The van der Waals surface area contributed by atoms with Gasteiger partial charge in [-0.1, -0.05) is 26.3 Å². The largest absolute Gasteiger partial charge is 0.480 e. The Balaban J connectivity index is 2.18. The van der Waals surface area contributed by atoms with Gasteiger partial charge in [-0.05, 0) is 37.8 Å². The van der Waals surface area contributed by atoms with Gasteiger partial charge in [-0.15, -0.1) is 0 Å². The molecule has 0 radical (unpaired) electrons. The van der Waals surface area contributed by atoms with Crippen molar-refractivity contribution in [2.45, 2.75) is 58.7 Å². The number of aryl methyl sites for hydroxylation is 1. The predicted octanol–water partition coefficient (Wildman–Crippen LogP) is 0.834. The maximum atomic E-state index is 13.2. The fourth-order valence-electron chi connectivity index (χ4n) is 3.74. The van der Waals surface area contributed by atoms with Crippen LogP contribution in [0.2, 0.25) is 0 Å².